The summed E-state index contributed by atoms with van der Waals surface area (Å²) >= 11 is 0. The number of carboxylic acids is 2. The molecule has 0 spiro atoms. The second-order valence-corrected chi connectivity index (χ2v) is 7.72. The first-order valence-electron chi connectivity index (χ1n) is 8.82. The highest BCUT2D eigenvalue weighted by Crippen LogP contribution is 2.58. The quantitative estimate of drug-likeness (QED) is 0.512. The Labute approximate surface area is 162 Å². The molecule has 1 aromatic rings. The van der Waals surface area contributed by atoms with Gasteiger partial charge in [-0.25, -0.2) is 0 Å². The number of hydrogen-bond acceptors (Lipinski definition) is 6. The summed E-state index contributed by atoms with van der Waals surface area (Å²) in [7, 11) is 0. The molecule has 1 fully saturated rings. The van der Waals surface area contributed by atoms with E-state index in [2.05, 4.69) is 5.32 Å². The zero-order chi connectivity index (χ0) is 21.4. The van der Waals surface area contributed by atoms with Gasteiger partial charge < -0.3 is 10.2 Å². The average Bonchev–Trinajstić information content (AvgIpc) is 2.61. The Hall–Kier alpha value is -2.99. The molecule has 0 saturated carbocycles. The van der Waals surface area contributed by atoms with E-state index in [4.69, 9.17) is 0 Å². The molecule has 0 aromatic heterocycles. The van der Waals surface area contributed by atoms with Gasteiger partial charge >= 0.3 is 11.9 Å². The van der Waals surface area contributed by atoms with E-state index in [1.54, 1.807) is 20.8 Å². The number of hydrogen-bond donors (Lipinski definition) is 3. The number of nitrogens with one attached hydrogen (secondary N) is 1. The Morgan fingerprint density at radius 3 is 2.36 bits per heavy atom. The zero-order valence-corrected chi connectivity index (χ0v) is 16.0. The fourth-order valence-corrected chi connectivity index (χ4v) is 4.72. The van der Waals surface area contributed by atoms with Crippen molar-refractivity contribution >= 4 is 17.6 Å². The van der Waals surface area contributed by atoms with Gasteiger partial charge in [-0.05, 0) is 25.3 Å². The van der Waals surface area contributed by atoms with Crippen LogP contribution in [0.3, 0.4) is 0 Å². The van der Waals surface area contributed by atoms with E-state index in [-0.39, 0.29) is 11.3 Å². The van der Waals surface area contributed by atoms with Gasteiger partial charge in [0.25, 0.3) is 5.69 Å². The van der Waals surface area contributed by atoms with Crippen LogP contribution >= 0.6 is 0 Å². The summed E-state index contributed by atoms with van der Waals surface area (Å²) in [5.74, 6) is -4.28. The van der Waals surface area contributed by atoms with Crippen molar-refractivity contribution in [2.75, 3.05) is 0 Å². The Morgan fingerprint density at radius 2 is 1.93 bits per heavy atom. The number of nitriles is 1. The molecule has 1 heterocycles. The first-order chi connectivity index (χ1) is 12.9. The van der Waals surface area contributed by atoms with E-state index in [0.29, 0.717) is 0 Å². The van der Waals surface area contributed by atoms with Gasteiger partial charge in [-0.1, -0.05) is 26.0 Å². The molecule has 5 atom stereocenters. The lowest BCUT2D eigenvalue weighted by molar-refractivity contribution is -0.385. The van der Waals surface area contributed by atoms with Crippen molar-refractivity contribution in [2.45, 2.75) is 45.7 Å². The van der Waals surface area contributed by atoms with Crippen LogP contribution in [-0.2, 0) is 9.59 Å². The first kappa shape index (κ1) is 21.3. The van der Waals surface area contributed by atoms with Crippen molar-refractivity contribution in [1.82, 2.24) is 5.32 Å². The summed E-state index contributed by atoms with van der Waals surface area (Å²) in [6.07, 6.45) is 0. The predicted molar refractivity (Wildman–Crippen MR) is 98.5 cm³/mol. The Bertz CT molecular complexity index is 863. The fourth-order valence-electron chi connectivity index (χ4n) is 4.72. The summed E-state index contributed by atoms with van der Waals surface area (Å²) in [6.45, 7) is 6.27. The molecule has 0 bridgehead atoms. The molecule has 1 saturated heterocycles. The average molecular weight is 389 g/mol. The third-order valence-corrected chi connectivity index (χ3v) is 6.14. The highest BCUT2D eigenvalue weighted by molar-refractivity contribution is 5.84. The number of aliphatic carboxylic acids is 2. The number of nitro benzene ring substituents is 1. The molecule has 0 aliphatic carbocycles. The highest BCUT2D eigenvalue weighted by atomic mass is 16.6. The summed E-state index contributed by atoms with van der Waals surface area (Å²) < 4.78 is 0. The molecular formula is C19H23N3O6. The van der Waals surface area contributed by atoms with Gasteiger partial charge in [0, 0.05) is 24.1 Å². The van der Waals surface area contributed by atoms with Crippen molar-refractivity contribution in [2.24, 2.45) is 16.7 Å². The second kappa shape index (κ2) is 7.20. The number of rotatable bonds is 5. The van der Waals surface area contributed by atoms with Crippen LogP contribution < -0.4 is 5.32 Å². The molecule has 3 N–H and O–H groups in total. The molecule has 0 radical (unpaired) electrons. The number of benzene rings is 1. The highest BCUT2D eigenvalue weighted by Gasteiger charge is 2.67. The molecule has 4 unspecified atom stereocenters. The van der Waals surface area contributed by atoms with Gasteiger partial charge in [-0.2, -0.15) is 5.26 Å². The maximum absolute atomic E-state index is 12.6. The summed E-state index contributed by atoms with van der Waals surface area (Å²) in [6, 6.07) is 5.35. The van der Waals surface area contributed by atoms with Crippen molar-refractivity contribution in [3.63, 3.8) is 0 Å². The number of nitro groups is 1. The van der Waals surface area contributed by atoms with Gasteiger partial charge in [0.2, 0.25) is 0 Å². The predicted octanol–water partition coefficient (Wildman–Crippen LogP) is 2.38. The van der Waals surface area contributed by atoms with Gasteiger partial charge in [0.15, 0.2) is 0 Å². The molecule has 1 aromatic carbocycles. The second-order valence-electron chi connectivity index (χ2n) is 7.72. The van der Waals surface area contributed by atoms with Crippen LogP contribution in [0.25, 0.3) is 0 Å². The molecule has 0 amide bonds. The SMILES string of the molecule is CC(C)C1(C(=O)O)C(C)NC(C#N)C(C)(C(=O)O)[C@@H]1c1cccc([N+](=O)[O-])c1. The van der Waals surface area contributed by atoms with Crippen LogP contribution in [-0.4, -0.2) is 39.2 Å². The molecule has 150 valence electrons. The van der Waals surface area contributed by atoms with Crippen molar-refractivity contribution < 1.29 is 24.7 Å². The normalized spacial score (nSPS) is 32.5. The van der Waals surface area contributed by atoms with Crippen molar-refractivity contribution in [3.05, 3.63) is 39.9 Å². The van der Waals surface area contributed by atoms with Gasteiger partial charge in [-0.15, -0.1) is 0 Å². The Morgan fingerprint density at radius 1 is 1.32 bits per heavy atom. The van der Waals surface area contributed by atoms with Crippen LogP contribution in [0.15, 0.2) is 24.3 Å². The summed E-state index contributed by atoms with van der Waals surface area (Å²) in [5, 5.41) is 44.1. The number of non-ortho nitro benzene ring substituents is 1. The third kappa shape index (κ3) is 2.81. The van der Waals surface area contributed by atoms with E-state index < -0.39 is 51.6 Å². The minimum Gasteiger partial charge on any atom is -0.481 e. The standard InChI is InChI=1S/C19H23N3O6/c1-10(2)19(17(25)26)11(3)21-14(9-20)18(4,16(23)24)15(19)12-6-5-7-13(8-12)22(27)28/h5-8,10-11,14-15,21H,1-4H3,(H,23,24)(H,25,26)/t11?,14?,15-,18?,19?/m0/s1. The summed E-state index contributed by atoms with van der Waals surface area (Å²) in [5.41, 5.74) is -3.51. The van der Waals surface area contributed by atoms with E-state index >= 15 is 0 Å². The van der Waals surface area contributed by atoms with Gasteiger partial charge in [0.1, 0.15) is 11.5 Å². The van der Waals surface area contributed by atoms with E-state index in [1.165, 1.54) is 31.2 Å². The first-order valence-corrected chi connectivity index (χ1v) is 8.82. The van der Waals surface area contributed by atoms with Crippen molar-refractivity contribution in [3.8, 4) is 6.07 Å². The van der Waals surface area contributed by atoms with Crippen LogP contribution in [0.5, 0.6) is 0 Å². The lowest BCUT2D eigenvalue weighted by Crippen LogP contribution is -2.70. The molecular weight excluding hydrogens is 366 g/mol. The Balaban J connectivity index is 2.95. The third-order valence-electron chi connectivity index (χ3n) is 6.14. The van der Waals surface area contributed by atoms with E-state index in [1.807, 2.05) is 6.07 Å². The topological polar surface area (TPSA) is 154 Å². The van der Waals surface area contributed by atoms with E-state index in [9.17, 15) is 35.2 Å². The zero-order valence-electron chi connectivity index (χ0n) is 16.0. The van der Waals surface area contributed by atoms with Crippen LogP contribution in [0.2, 0.25) is 0 Å². The Kier molecular flexibility index (Phi) is 5.48. The molecule has 28 heavy (non-hydrogen) atoms. The maximum Gasteiger partial charge on any atom is 0.312 e. The minimum atomic E-state index is -1.83. The molecule has 1 aliphatic heterocycles. The van der Waals surface area contributed by atoms with Crippen LogP contribution in [0, 0.1) is 38.2 Å². The van der Waals surface area contributed by atoms with Crippen molar-refractivity contribution in [1.29, 1.82) is 5.26 Å². The van der Waals surface area contributed by atoms with Gasteiger partial charge in [0.05, 0.1) is 16.4 Å². The number of carbonyl (C=O) groups is 2. The lowest BCUT2D eigenvalue weighted by Gasteiger charge is -2.56. The smallest absolute Gasteiger partial charge is 0.312 e. The number of piperidine rings is 1. The fraction of sp³-hybridized carbons (Fsp3) is 0.526. The molecule has 1 aliphatic rings. The number of carboxylic acid groups (broad SMARTS) is 2. The lowest BCUT2D eigenvalue weighted by atomic mass is 9.49. The maximum atomic E-state index is 12.6. The van der Waals surface area contributed by atoms with E-state index in [0.717, 1.165) is 0 Å². The number of nitrogens with zero attached hydrogens (tertiary/aromatic N) is 2. The molecule has 2 rings (SSSR count). The molecule has 9 heteroatoms. The largest absolute Gasteiger partial charge is 0.481 e. The van der Waals surface area contributed by atoms with Crippen LogP contribution in [0.4, 0.5) is 5.69 Å². The molecule has 9 nitrogen and oxygen atoms in total. The van der Waals surface area contributed by atoms with Gasteiger partial charge in [-0.3, -0.25) is 25.0 Å². The monoisotopic (exact) mass is 389 g/mol. The van der Waals surface area contributed by atoms with Crippen LogP contribution in [0.1, 0.15) is 39.2 Å². The summed E-state index contributed by atoms with van der Waals surface area (Å²) in [4.78, 5) is 35.6. The minimum absolute atomic E-state index is 0.212.